The van der Waals surface area contributed by atoms with Gasteiger partial charge in [-0.25, -0.2) is 0 Å². The molecule has 1 saturated carbocycles. The summed E-state index contributed by atoms with van der Waals surface area (Å²) in [7, 11) is 0. The van der Waals surface area contributed by atoms with E-state index in [0.29, 0.717) is 25.2 Å². The van der Waals surface area contributed by atoms with Crippen LogP contribution in [0.5, 0.6) is 0 Å². The van der Waals surface area contributed by atoms with E-state index in [1.54, 1.807) is 6.26 Å². The molecule has 0 amide bonds. The highest BCUT2D eigenvalue weighted by Gasteiger charge is 2.40. The first-order chi connectivity index (χ1) is 9.24. The molecule has 0 aromatic carbocycles. The van der Waals surface area contributed by atoms with E-state index in [1.807, 2.05) is 12.1 Å². The maximum absolute atomic E-state index is 9.81. The van der Waals surface area contributed by atoms with Gasteiger partial charge in [0.2, 0.25) is 0 Å². The molecule has 19 heavy (non-hydrogen) atoms. The Balaban J connectivity index is 1.51. The fourth-order valence-electron chi connectivity index (χ4n) is 2.48. The van der Waals surface area contributed by atoms with Crippen molar-refractivity contribution in [1.82, 2.24) is 5.32 Å². The predicted molar refractivity (Wildman–Crippen MR) is 73.8 cm³/mol. The molecule has 1 heterocycles. The van der Waals surface area contributed by atoms with Crippen molar-refractivity contribution >= 4 is 0 Å². The summed E-state index contributed by atoms with van der Waals surface area (Å²) in [5, 5.41) is 13.2. The van der Waals surface area contributed by atoms with Crippen molar-refractivity contribution in [1.29, 1.82) is 0 Å². The van der Waals surface area contributed by atoms with Crippen LogP contribution in [0.15, 0.2) is 22.8 Å². The van der Waals surface area contributed by atoms with E-state index < -0.39 is 6.10 Å². The Hall–Kier alpha value is -0.840. The van der Waals surface area contributed by atoms with E-state index >= 15 is 0 Å². The highest BCUT2D eigenvalue weighted by molar-refractivity contribution is 4.96. The molecule has 1 aromatic rings. The summed E-state index contributed by atoms with van der Waals surface area (Å²) < 4.78 is 10.6. The van der Waals surface area contributed by atoms with E-state index in [-0.39, 0.29) is 0 Å². The Morgan fingerprint density at radius 1 is 1.53 bits per heavy atom. The van der Waals surface area contributed by atoms with Crippen LogP contribution in [0, 0.1) is 5.41 Å². The quantitative estimate of drug-likeness (QED) is 0.683. The number of hydrogen-bond donors (Lipinski definition) is 2. The Morgan fingerprint density at radius 2 is 2.37 bits per heavy atom. The summed E-state index contributed by atoms with van der Waals surface area (Å²) in [6.45, 7) is 4.62. The Kier molecular flexibility index (Phi) is 5.43. The second-order valence-corrected chi connectivity index (χ2v) is 5.63. The van der Waals surface area contributed by atoms with Gasteiger partial charge in [0.1, 0.15) is 12.4 Å². The van der Waals surface area contributed by atoms with Crippen LogP contribution in [0.1, 0.15) is 38.4 Å². The first kappa shape index (κ1) is 14.6. The maximum atomic E-state index is 9.81. The first-order valence-corrected chi connectivity index (χ1v) is 7.23. The fraction of sp³-hybridized carbons (Fsp3) is 0.733. The van der Waals surface area contributed by atoms with Crippen LogP contribution in [0.2, 0.25) is 0 Å². The number of hydrogen-bond acceptors (Lipinski definition) is 4. The zero-order valence-electron chi connectivity index (χ0n) is 11.7. The Morgan fingerprint density at radius 3 is 3.00 bits per heavy atom. The minimum atomic E-state index is -0.451. The second-order valence-electron chi connectivity index (χ2n) is 5.63. The van der Waals surface area contributed by atoms with E-state index in [9.17, 15) is 5.11 Å². The molecule has 1 atom stereocenters. The lowest BCUT2D eigenvalue weighted by molar-refractivity contribution is 0.0222. The van der Waals surface area contributed by atoms with Crippen LogP contribution in [0.25, 0.3) is 0 Å². The zero-order chi connectivity index (χ0) is 13.6. The maximum Gasteiger partial charge on any atom is 0.129 e. The predicted octanol–water partition coefficient (Wildman–Crippen LogP) is 2.33. The van der Waals surface area contributed by atoms with Gasteiger partial charge in [0.25, 0.3) is 0 Å². The summed E-state index contributed by atoms with van der Waals surface area (Å²) in [5.74, 6) is 0.792. The minimum absolute atomic E-state index is 0.342. The lowest BCUT2D eigenvalue weighted by atomic mass is 10.0. The van der Waals surface area contributed by atoms with Crippen LogP contribution >= 0.6 is 0 Å². The number of nitrogens with one attached hydrogen (secondary N) is 1. The van der Waals surface area contributed by atoms with Gasteiger partial charge in [-0.3, -0.25) is 0 Å². The molecule has 0 spiro atoms. The van der Waals surface area contributed by atoms with Gasteiger partial charge in [0, 0.05) is 13.1 Å². The van der Waals surface area contributed by atoms with E-state index in [4.69, 9.17) is 9.15 Å². The molecule has 1 aliphatic carbocycles. The van der Waals surface area contributed by atoms with Gasteiger partial charge >= 0.3 is 0 Å². The van der Waals surface area contributed by atoms with Crippen LogP contribution in [0.3, 0.4) is 0 Å². The highest BCUT2D eigenvalue weighted by atomic mass is 16.5. The second kappa shape index (κ2) is 7.08. The molecule has 4 heteroatoms. The van der Waals surface area contributed by atoms with Gasteiger partial charge in [0.05, 0.1) is 19.0 Å². The van der Waals surface area contributed by atoms with Crippen LogP contribution in [-0.2, 0) is 11.3 Å². The van der Waals surface area contributed by atoms with Crippen molar-refractivity contribution in [3.63, 3.8) is 0 Å². The molecule has 0 radical (unpaired) electrons. The summed E-state index contributed by atoms with van der Waals surface area (Å²) in [4.78, 5) is 0. The van der Waals surface area contributed by atoms with E-state index in [2.05, 4.69) is 12.2 Å². The molecule has 1 aromatic heterocycles. The van der Waals surface area contributed by atoms with Gasteiger partial charge in [-0.2, -0.15) is 0 Å². The van der Waals surface area contributed by atoms with Crippen molar-refractivity contribution in [3.05, 3.63) is 24.2 Å². The largest absolute Gasteiger partial charge is 0.467 e. The number of rotatable bonds is 10. The molecular formula is C15H25NO3. The van der Waals surface area contributed by atoms with Crippen molar-refractivity contribution < 1.29 is 14.3 Å². The first-order valence-electron chi connectivity index (χ1n) is 7.23. The van der Waals surface area contributed by atoms with Crippen LogP contribution in [0.4, 0.5) is 0 Å². The standard InChI is InChI=1S/C15H25NO3/c1-2-5-15(6-7-15)12-16-9-13(17)10-18-11-14-4-3-8-19-14/h3-4,8,13,16-17H,2,5-7,9-12H2,1H3. The number of aliphatic hydroxyl groups excluding tert-OH is 1. The van der Waals surface area contributed by atoms with Crippen molar-refractivity contribution in [2.45, 2.75) is 45.3 Å². The fourth-order valence-corrected chi connectivity index (χ4v) is 2.48. The summed E-state index contributed by atoms with van der Waals surface area (Å²) in [6, 6.07) is 3.70. The molecular weight excluding hydrogens is 242 g/mol. The topological polar surface area (TPSA) is 54.6 Å². The van der Waals surface area contributed by atoms with Gasteiger partial charge in [-0.15, -0.1) is 0 Å². The molecule has 0 saturated heterocycles. The average Bonchev–Trinajstić information content (AvgIpc) is 2.95. The van der Waals surface area contributed by atoms with Crippen molar-refractivity contribution in [3.8, 4) is 0 Å². The molecule has 108 valence electrons. The van der Waals surface area contributed by atoms with Gasteiger partial charge in [-0.05, 0) is 36.8 Å². The molecule has 1 fully saturated rings. The minimum Gasteiger partial charge on any atom is -0.467 e. The number of furan rings is 1. The molecule has 0 bridgehead atoms. The lowest BCUT2D eigenvalue weighted by Crippen LogP contribution is -2.34. The lowest BCUT2D eigenvalue weighted by Gasteiger charge is -2.17. The average molecular weight is 267 g/mol. The van der Waals surface area contributed by atoms with Gasteiger partial charge < -0.3 is 19.6 Å². The van der Waals surface area contributed by atoms with E-state index in [0.717, 1.165) is 12.3 Å². The number of aliphatic hydroxyl groups is 1. The van der Waals surface area contributed by atoms with Gasteiger partial charge in [0.15, 0.2) is 0 Å². The monoisotopic (exact) mass is 267 g/mol. The molecule has 2 rings (SSSR count). The number of ether oxygens (including phenoxy) is 1. The van der Waals surface area contributed by atoms with Crippen LogP contribution in [-0.4, -0.2) is 30.9 Å². The zero-order valence-corrected chi connectivity index (χ0v) is 11.7. The smallest absolute Gasteiger partial charge is 0.129 e. The third-order valence-corrected chi connectivity index (χ3v) is 3.75. The Labute approximate surface area is 115 Å². The van der Waals surface area contributed by atoms with Crippen LogP contribution < -0.4 is 5.32 Å². The molecule has 4 nitrogen and oxygen atoms in total. The highest BCUT2D eigenvalue weighted by Crippen LogP contribution is 2.48. The van der Waals surface area contributed by atoms with Crippen molar-refractivity contribution in [2.24, 2.45) is 5.41 Å². The molecule has 2 N–H and O–H groups in total. The van der Waals surface area contributed by atoms with E-state index in [1.165, 1.54) is 25.7 Å². The third-order valence-electron chi connectivity index (χ3n) is 3.75. The summed E-state index contributed by atoms with van der Waals surface area (Å²) in [6.07, 6.45) is 6.38. The Bertz CT molecular complexity index is 346. The SMILES string of the molecule is CCCC1(CNCC(O)COCc2ccco2)CC1. The third kappa shape index (κ3) is 4.97. The molecule has 1 aliphatic rings. The van der Waals surface area contributed by atoms with Gasteiger partial charge in [-0.1, -0.05) is 13.3 Å². The summed E-state index contributed by atoms with van der Waals surface area (Å²) >= 11 is 0. The molecule has 1 unspecified atom stereocenters. The van der Waals surface area contributed by atoms with Crippen molar-refractivity contribution in [2.75, 3.05) is 19.7 Å². The molecule has 0 aliphatic heterocycles. The normalized spacial score (nSPS) is 18.4. The summed E-state index contributed by atoms with van der Waals surface area (Å²) in [5.41, 5.74) is 0.531.